The van der Waals surface area contributed by atoms with E-state index in [1.807, 2.05) is 0 Å². The molecule has 188 valence electrons. The second-order valence-electron chi connectivity index (χ2n) is 8.06. The Morgan fingerprint density at radius 3 is 2.61 bits per heavy atom. The van der Waals surface area contributed by atoms with Gasteiger partial charge >= 0.3 is 0 Å². The SMILES string of the molecule is CC(Nc1cccc(OCc2ncc(Cl)cn2)c1)(ONC(=O)c1cccnc1)C(=O)NC1CC1(F)F. The van der Waals surface area contributed by atoms with E-state index in [0.717, 1.165) is 0 Å². The maximum absolute atomic E-state index is 13.4. The van der Waals surface area contributed by atoms with E-state index in [-0.39, 0.29) is 12.2 Å². The van der Waals surface area contributed by atoms with Crippen LogP contribution < -0.4 is 20.9 Å². The number of rotatable bonds is 10. The molecule has 3 aromatic rings. The molecular weight excluding hydrogens is 498 g/mol. The standard InChI is InChI=1S/C23H21ClF2N6O4/c1-22(21(34)30-18-9-23(18,25)26,36-32-20(33)14-4-3-7-27-10-14)31-16-5-2-6-17(8-16)35-13-19-28-11-15(24)12-29-19/h2-8,10-12,18,31H,9,13H2,1H3,(H,30,34)(H,32,33). The molecule has 4 rings (SSSR count). The van der Waals surface area contributed by atoms with Crippen molar-refractivity contribution in [3.05, 3.63) is 77.6 Å². The number of hydroxylamine groups is 1. The number of halogens is 3. The predicted octanol–water partition coefficient (Wildman–Crippen LogP) is 3.12. The Morgan fingerprint density at radius 2 is 1.94 bits per heavy atom. The zero-order chi connectivity index (χ0) is 25.8. The van der Waals surface area contributed by atoms with E-state index in [9.17, 15) is 18.4 Å². The molecule has 1 aliphatic carbocycles. The highest BCUT2D eigenvalue weighted by atomic mass is 35.5. The molecule has 0 radical (unpaired) electrons. The lowest BCUT2D eigenvalue weighted by atomic mass is 10.2. The van der Waals surface area contributed by atoms with Gasteiger partial charge in [-0.15, -0.1) is 0 Å². The number of benzene rings is 1. The average molecular weight is 519 g/mol. The number of nitrogens with one attached hydrogen (secondary N) is 3. The third-order valence-electron chi connectivity index (χ3n) is 5.09. The third-order valence-corrected chi connectivity index (χ3v) is 5.29. The summed E-state index contributed by atoms with van der Waals surface area (Å²) < 4.78 is 32.5. The summed E-state index contributed by atoms with van der Waals surface area (Å²) in [6.07, 6.45) is 5.19. The first-order chi connectivity index (χ1) is 17.1. The van der Waals surface area contributed by atoms with Gasteiger partial charge in [0.15, 0.2) is 5.82 Å². The summed E-state index contributed by atoms with van der Waals surface area (Å²) in [7, 11) is 0. The summed E-state index contributed by atoms with van der Waals surface area (Å²) >= 11 is 5.78. The molecule has 0 aliphatic heterocycles. The zero-order valence-electron chi connectivity index (χ0n) is 18.9. The molecule has 2 aromatic heterocycles. The van der Waals surface area contributed by atoms with E-state index in [0.29, 0.717) is 22.3 Å². The predicted molar refractivity (Wildman–Crippen MR) is 124 cm³/mol. The molecule has 13 heteroatoms. The van der Waals surface area contributed by atoms with Crippen LogP contribution in [-0.4, -0.2) is 44.5 Å². The molecule has 1 aromatic carbocycles. The first-order valence-corrected chi connectivity index (χ1v) is 11.1. The summed E-state index contributed by atoms with van der Waals surface area (Å²) in [4.78, 5) is 42.7. The van der Waals surface area contributed by atoms with Crippen LogP contribution in [0.2, 0.25) is 5.02 Å². The van der Waals surface area contributed by atoms with Crippen molar-refractivity contribution in [1.29, 1.82) is 0 Å². The fraction of sp³-hybridized carbons (Fsp3) is 0.261. The summed E-state index contributed by atoms with van der Waals surface area (Å²) in [6, 6.07) is 8.18. The van der Waals surface area contributed by atoms with Crippen molar-refractivity contribution in [3.63, 3.8) is 0 Å². The van der Waals surface area contributed by atoms with Gasteiger partial charge in [-0.3, -0.25) is 14.6 Å². The van der Waals surface area contributed by atoms with E-state index in [4.69, 9.17) is 21.2 Å². The molecule has 1 aliphatic rings. The van der Waals surface area contributed by atoms with Crippen LogP contribution in [0.3, 0.4) is 0 Å². The van der Waals surface area contributed by atoms with Crippen LogP contribution in [0.1, 0.15) is 29.5 Å². The maximum Gasteiger partial charge on any atom is 0.276 e. The molecule has 0 spiro atoms. The van der Waals surface area contributed by atoms with Crippen LogP contribution in [0.4, 0.5) is 14.5 Å². The number of pyridine rings is 1. The number of amides is 2. The molecule has 3 N–H and O–H groups in total. The lowest BCUT2D eigenvalue weighted by Gasteiger charge is -2.30. The van der Waals surface area contributed by atoms with Gasteiger partial charge in [-0.25, -0.2) is 29.1 Å². The fourth-order valence-corrected chi connectivity index (χ4v) is 3.10. The highest BCUT2D eigenvalue weighted by molar-refractivity contribution is 6.30. The van der Waals surface area contributed by atoms with E-state index >= 15 is 0 Å². The molecule has 2 amide bonds. The van der Waals surface area contributed by atoms with Crippen LogP contribution in [-0.2, 0) is 16.2 Å². The monoisotopic (exact) mass is 518 g/mol. The lowest BCUT2D eigenvalue weighted by molar-refractivity contribution is -0.148. The van der Waals surface area contributed by atoms with Crippen molar-refractivity contribution in [2.45, 2.75) is 37.6 Å². The molecule has 2 heterocycles. The summed E-state index contributed by atoms with van der Waals surface area (Å²) in [5.74, 6) is -3.78. The number of alkyl halides is 2. The van der Waals surface area contributed by atoms with Gasteiger partial charge in [0.1, 0.15) is 12.4 Å². The van der Waals surface area contributed by atoms with Crippen molar-refractivity contribution in [2.75, 3.05) is 5.32 Å². The molecule has 0 saturated heterocycles. The van der Waals surface area contributed by atoms with Crippen molar-refractivity contribution in [3.8, 4) is 5.75 Å². The topological polar surface area (TPSA) is 127 Å². The van der Waals surface area contributed by atoms with Crippen molar-refractivity contribution in [1.82, 2.24) is 25.7 Å². The molecular formula is C23H21ClF2N6O4. The molecule has 2 atom stereocenters. The molecule has 2 unspecified atom stereocenters. The van der Waals surface area contributed by atoms with Crippen LogP contribution >= 0.6 is 11.6 Å². The Balaban J connectivity index is 1.46. The van der Waals surface area contributed by atoms with Gasteiger partial charge in [-0.05, 0) is 31.2 Å². The van der Waals surface area contributed by atoms with Gasteiger partial charge in [0.25, 0.3) is 17.7 Å². The van der Waals surface area contributed by atoms with Gasteiger partial charge in [0.2, 0.25) is 5.72 Å². The van der Waals surface area contributed by atoms with Crippen LogP contribution in [0.15, 0.2) is 61.2 Å². The highest BCUT2D eigenvalue weighted by Crippen LogP contribution is 2.42. The minimum Gasteiger partial charge on any atom is -0.486 e. The second kappa shape index (κ2) is 10.4. The second-order valence-corrected chi connectivity index (χ2v) is 8.49. The van der Waals surface area contributed by atoms with Crippen molar-refractivity contribution >= 4 is 29.1 Å². The van der Waals surface area contributed by atoms with Gasteiger partial charge in [-0.2, -0.15) is 0 Å². The van der Waals surface area contributed by atoms with E-state index in [2.05, 4.69) is 31.1 Å². The molecule has 36 heavy (non-hydrogen) atoms. The third kappa shape index (κ3) is 6.40. The first-order valence-electron chi connectivity index (χ1n) is 10.7. The average Bonchev–Trinajstić information content (AvgIpc) is 3.48. The number of ether oxygens (including phenoxy) is 1. The number of hydrogen-bond acceptors (Lipinski definition) is 8. The number of carbonyl (C=O) groups excluding carboxylic acids is 2. The maximum atomic E-state index is 13.4. The number of anilines is 1. The summed E-state index contributed by atoms with van der Waals surface area (Å²) in [5, 5.41) is 5.46. The smallest absolute Gasteiger partial charge is 0.276 e. The number of hydrogen-bond donors (Lipinski definition) is 3. The summed E-state index contributed by atoms with van der Waals surface area (Å²) in [6.45, 7) is 1.34. The number of nitrogens with zero attached hydrogens (tertiary/aromatic N) is 3. The van der Waals surface area contributed by atoms with Gasteiger partial charge < -0.3 is 15.4 Å². The molecule has 0 bridgehead atoms. The molecule has 1 fully saturated rings. The van der Waals surface area contributed by atoms with Crippen LogP contribution in [0, 0.1) is 0 Å². The van der Waals surface area contributed by atoms with Crippen LogP contribution in [0.25, 0.3) is 0 Å². The van der Waals surface area contributed by atoms with Gasteiger partial charge in [-0.1, -0.05) is 17.7 Å². The van der Waals surface area contributed by atoms with Gasteiger partial charge in [0.05, 0.1) is 16.6 Å². The van der Waals surface area contributed by atoms with E-state index < -0.39 is 35.9 Å². The Bertz CT molecular complexity index is 1230. The lowest BCUT2D eigenvalue weighted by Crippen LogP contribution is -2.56. The van der Waals surface area contributed by atoms with E-state index in [1.165, 1.54) is 37.8 Å². The van der Waals surface area contributed by atoms with Crippen molar-refractivity contribution in [2.24, 2.45) is 0 Å². The minimum atomic E-state index is -2.99. The molecule has 1 saturated carbocycles. The van der Waals surface area contributed by atoms with Gasteiger partial charge in [0, 0.05) is 43.0 Å². The minimum absolute atomic E-state index is 0.0484. The molecule has 10 nitrogen and oxygen atoms in total. The first kappa shape index (κ1) is 25.2. The zero-order valence-corrected chi connectivity index (χ0v) is 19.6. The normalized spacial score (nSPS) is 17.4. The highest BCUT2D eigenvalue weighted by Gasteiger charge is 2.59. The Hall–Kier alpha value is -3.90. The number of aromatic nitrogens is 3. The number of carbonyl (C=O) groups is 2. The van der Waals surface area contributed by atoms with Crippen LogP contribution in [0.5, 0.6) is 5.75 Å². The van der Waals surface area contributed by atoms with Crippen molar-refractivity contribution < 1.29 is 27.9 Å². The Labute approximate surface area is 209 Å². The Kier molecular flexibility index (Phi) is 7.27. The largest absolute Gasteiger partial charge is 0.486 e. The Morgan fingerprint density at radius 1 is 1.19 bits per heavy atom. The quantitative estimate of drug-likeness (QED) is 0.276. The van der Waals surface area contributed by atoms with E-state index in [1.54, 1.807) is 30.3 Å². The summed E-state index contributed by atoms with van der Waals surface area (Å²) in [5.41, 5.74) is 0.731. The fourth-order valence-electron chi connectivity index (χ4n) is 3.00.